The fraction of sp³-hybridized carbons (Fsp3) is 0.276. The monoisotopic (exact) mass is 535 g/mol. The van der Waals surface area contributed by atoms with E-state index in [4.69, 9.17) is 31.1 Å². The van der Waals surface area contributed by atoms with Crippen molar-refractivity contribution >= 4 is 29.6 Å². The second-order valence-corrected chi connectivity index (χ2v) is 8.79. The highest BCUT2D eigenvalue weighted by Gasteiger charge is 2.40. The quantitative estimate of drug-likeness (QED) is 0.248. The molecule has 0 aliphatic carbocycles. The van der Waals surface area contributed by atoms with Crippen LogP contribution in [0, 0.1) is 11.3 Å². The molecule has 2 N–H and O–H groups in total. The van der Waals surface area contributed by atoms with Crippen molar-refractivity contribution in [3.63, 3.8) is 0 Å². The molecule has 0 bridgehead atoms. The lowest BCUT2D eigenvalue weighted by atomic mass is 9.79. The van der Waals surface area contributed by atoms with Crippen LogP contribution in [0.5, 0.6) is 0 Å². The standard InChI is InChI=1S/C29H30ClN3O5/c1-19-23(28(35)38-17-9-15-31)24(21-13-7-14-22(30)18-21)25(26(33-19)29(36-2)37-3)27(34)32-16-8-12-20-10-5-4-6-11-20/h4-8,10-14,18,24,29,33H,9,16-17H2,1-3H3,(H,32,34). The number of nitrogens with one attached hydrogen (secondary N) is 2. The van der Waals surface area contributed by atoms with Gasteiger partial charge in [0, 0.05) is 31.5 Å². The number of nitrogens with zero attached hydrogens (tertiary/aromatic N) is 1. The van der Waals surface area contributed by atoms with E-state index in [-0.39, 0.29) is 30.7 Å². The summed E-state index contributed by atoms with van der Waals surface area (Å²) in [6.07, 6.45) is 2.87. The molecule has 2 aromatic carbocycles. The van der Waals surface area contributed by atoms with Crippen molar-refractivity contribution in [1.29, 1.82) is 5.26 Å². The van der Waals surface area contributed by atoms with Gasteiger partial charge in [0.1, 0.15) is 6.61 Å². The van der Waals surface area contributed by atoms with Crippen LogP contribution in [0.1, 0.15) is 30.4 Å². The van der Waals surface area contributed by atoms with Gasteiger partial charge in [-0.15, -0.1) is 0 Å². The van der Waals surface area contributed by atoms with Gasteiger partial charge in [0.15, 0.2) is 6.29 Å². The Morgan fingerprint density at radius 1 is 1.13 bits per heavy atom. The highest BCUT2D eigenvalue weighted by atomic mass is 35.5. The number of benzene rings is 2. The van der Waals surface area contributed by atoms with Crippen molar-refractivity contribution in [2.24, 2.45) is 0 Å². The number of amides is 1. The summed E-state index contributed by atoms with van der Waals surface area (Å²) in [5.41, 5.74) is 2.88. The molecule has 1 atom stereocenters. The number of carbonyl (C=O) groups is 2. The van der Waals surface area contributed by atoms with Gasteiger partial charge in [-0.2, -0.15) is 5.26 Å². The molecule has 1 unspecified atom stereocenters. The maximum Gasteiger partial charge on any atom is 0.336 e. The summed E-state index contributed by atoms with van der Waals surface area (Å²) < 4.78 is 16.4. The molecule has 1 aliphatic heterocycles. The van der Waals surface area contributed by atoms with Crippen LogP contribution in [-0.4, -0.2) is 45.5 Å². The average molecular weight is 536 g/mol. The maximum atomic E-state index is 13.8. The molecule has 0 radical (unpaired) electrons. The first-order valence-corrected chi connectivity index (χ1v) is 12.4. The van der Waals surface area contributed by atoms with Gasteiger partial charge in [-0.3, -0.25) is 4.79 Å². The van der Waals surface area contributed by atoms with Gasteiger partial charge in [0.2, 0.25) is 5.91 Å². The molecule has 8 nitrogen and oxygen atoms in total. The van der Waals surface area contributed by atoms with Gasteiger partial charge in [-0.1, -0.05) is 66.2 Å². The molecule has 0 spiro atoms. The number of allylic oxidation sites excluding steroid dienone is 1. The topological polar surface area (TPSA) is 110 Å². The van der Waals surface area contributed by atoms with Crippen LogP contribution in [0.2, 0.25) is 5.02 Å². The van der Waals surface area contributed by atoms with Gasteiger partial charge in [-0.25, -0.2) is 4.79 Å². The third-order valence-corrected chi connectivity index (χ3v) is 6.08. The van der Waals surface area contributed by atoms with E-state index in [1.165, 1.54) is 14.2 Å². The van der Waals surface area contributed by atoms with Crippen molar-refractivity contribution in [2.45, 2.75) is 25.6 Å². The number of hydrogen-bond donors (Lipinski definition) is 2. The lowest BCUT2D eigenvalue weighted by Crippen LogP contribution is -2.41. The van der Waals surface area contributed by atoms with Gasteiger partial charge in [0.25, 0.3) is 0 Å². The summed E-state index contributed by atoms with van der Waals surface area (Å²) in [6, 6.07) is 18.6. The summed E-state index contributed by atoms with van der Waals surface area (Å²) in [7, 11) is 2.92. The SMILES string of the molecule is COC(OC)C1=C(C(=O)NCC=Cc2ccccc2)C(c2cccc(Cl)c2)C(C(=O)OCCC#N)=C(C)N1. The zero-order valence-corrected chi connectivity index (χ0v) is 22.2. The van der Waals surface area contributed by atoms with E-state index < -0.39 is 24.1 Å². The predicted molar refractivity (Wildman–Crippen MR) is 145 cm³/mol. The van der Waals surface area contributed by atoms with Crippen LogP contribution >= 0.6 is 11.6 Å². The normalized spacial score (nSPS) is 15.4. The molecule has 9 heteroatoms. The van der Waals surface area contributed by atoms with Crippen molar-refractivity contribution < 1.29 is 23.8 Å². The Bertz CT molecular complexity index is 1280. The highest BCUT2D eigenvalue weighted by molar-refractivity contribution is 6.30. The molecular formula is C29H30ClN3O5. The minimum absolute atomic E-state index is 0.0466. The van der Waals surface area contributed by atoms with E-state index in [2.05, 4.69) is 10.6 Å². The van der Waals surface area contributed by atoms with E-state index in [9.17, 15) is 9.59 Å². The Morgan fingerprint density at radius 3 is 2.53 bits per heavy atom. The zero-order valence-electron chi connectivity index (χ0n) is 21.5. The molecule has 0 saturated carbocycles. The predicted octanol–water partition coefficient (Wildman–Crippen LogP) is 4.46. The number of dihydropyridines is 1. The van der Waals surface area contributed by atoms with Crippen molar-refractivity contribution in [3.8, 4) is 6.07 Å². The number of hydrogen-bond acceptors (Lipinski definition) is 7. The fourth-order valence-electron chi connectivity index (χ4n) is 4.19. The number of esters is 1. The minimum atomic E-state index is -0.914. The first kappa shape index (κ1) is 28.7. The van der Waals surface area contributed by atoms with Crippen molar-refractivity contribution in [1.82, 2.24) is 10.6 Å². The minimum Gasteiger partial charge on any atom is -0.461 e. The zero-order chi connectivity index (χ0) is 27.5. The van der Waals surface area contributed by atoms with Crippen molar-refractivity contribution in [2.75, 3.05) is 27.4 Å². The van der Waals surface area contributed by atoms with Crippen LogP contribution in [0.15, 0.2) is 83.2 Å². The third-order valence-electron chi connectivity index (χ3n) is 5.84. The highest BCUT2D eigenvalue weighted by Crippen LogP contribution is 2.40. The Hall–Kier alpha value is -3.90. The van der Waals surface area contributed by atoms with Gasteiger partial charge < -0.3 is 24.8 Å². The lowest BCUT2D eigenvalue weighted by Gasteiger charge is -2.34. The first-order valence-electron chi connectivity index (χ1n) is 12.0. The van der Waals surface area contributed by atoms with E-state index in [1.807, 2.05) is 48.6 Å². The molecule has 198 valence electrons. The van der Waals surface area contributed by atoms with Crippen LogP contribution in [-0.2, 0) is 23.8 Å². The lowest BCUT2D eigenvalue weighted by molar-refractivity contribution is -0.139. The Balaban J connectivity index is 2.05. The second-order valence-electron chi connectivity index (χ2n) is 8.35. The molecule has 0 aromatic heterocycles. The smallest absolute Gasteiger partial charge is 0.336 e. The summed E-state index contributed by atoms with van der Waals surface area (Å²) >= 11 is 6.31. The van der Waals surface area contributed by atoms with Crippen LogP contribution in [0.4, 0.5) is 0 Å². The number of halogens is 1. The Labute approximate surface area is 227 Å². The largest absolute Gasteiger partial charge is 0.461 e. The summed E-state index contributed by atoms with van der Waals surface area (Å²) in [4.78, 5) is 27.0. The molecule has 2 aromatic rings. The molecule has 1 aliphatic rings. The number of methoxy groups -OCH3 is 2. The summed E-state index contributed by atoms with van der Waals surface area (Å²) in [5, 5.41) is 15.4. The molecule has 1 amide bonds. The van der Waals surface area contributed by atoms with E-state index in [0.717, 1.165) is 5.56 Å². The van der Waals surface area contributed by atoms with Crippen LogP contribution in [0.25, 0.3) is 6.08 Å². The van der Waals surface area contributed by atoms with Gasteiger partial charge in [0.05, 0.1) is 35.3 Å². The third kappa shape index (κ3) is 7.11. The molecular weight excluding hydrogens is 506 g/mol. The fourth-order valence-corrected chi connectivity index (χ4v) is 4.39. The van der Waals surface area contributed by atoms with Gasteiger partial charge >= 0.3 is 5.97 Å². The molecule has 0 fully saturated rings. The van der Waals surface area contributed by atoms with E-state index in [1.54, 1.807) is 31.2 Å². The number of ether oxygens (including phenoxy) is 3. The average Bonchev–Trinajstić information content (AvgIpc) is 2.92. The summed E-state index contributed by atoms with van der Waals surface area (Å²) in [6.45, 7) is 1.87. The van der Waals surface area contributed by atoms with Crippen molar-refractivity contribution in [3.05, 3.63) is 99.4 Å². The number of carbonyl (C=O) groups excluding carboxylic acids is 2. The molecule has 1 heterocycles. The maximum absolute atomic E-state index is 13.8. The first-order chi connectivity index (χ1) is 18.4. The number of nitriles is 1. The molecule has 0 saturated heterocycles. The van der Waals surface area contributed by atoms with Gasteiger partial charge in [-0.05, 0) is 30.2 Å². The molecule has 38 heavy (non-hydrogen) atoms. The van der Waals surface area contributed by atoms with Crippen LogP contribution in [0.3, 0.4) is 0 Å². The second kappa shape index (κ2) is 14.1. The summed E-state index contributed by atoms with van der Waals surface area (Å²) in [5.74, 6) is -1.91. The van der Waals surface area contributed by atoms with Crippen LogP contribution < -0.4 is 10.6 Å². The van der Waals surface area contributed by atoms with E-state index >= 15 is 0 Å². The van der Waals surface area contributed by atoms with E-state index in [0.29, 0.717) is 22.0 Å². The Kier molecular flexibility index (Phi) is 10.7. The number of rotatable bonds is 11. The molecule has 3 rings (SSSR count). The Morgan fingerprint density at radius 2 is 1.87 bits per heavy atom.